The van der Waals surface area contributed by atoms with E-state index in [1.54, 1.807) is 11.8 Å². The highest BCUT2D eigenvalue weighted by Crippen LogP contribution is 2.32. The molecule has 1 saturated carbocycles. The van der Waals surface area contributed by atoms with Crippen molar-refractivity contribution in [3.63, 3.8) is 0 Å². The molecule has 1 atom stereocenters. The molecule has 0 aromatic heterocycles. The maximum Gasteiger partial charge on any atom is 0.0543 e. The molecule has 1 aliphatic carbocycles. The van der Waals surface area contributed by atoms with Gasteiger partial charge in [0.25, 0.3) is 0 Å². The molecule has 0 heterocycles. The molecule has 1 N–H and O–H groups in total. The number of halogens is 2. The molecule has 0 spiro atoms. The van der Waals surface area contributed by atoms with Crippen molar-refractivity contribution >= 4 is 35.0 Å². The Kier molecular flexibility index (Phi) is 4.42. The number of benzene rings is 1. The van der Waals surface area contributed by atoms with Gasteiger partial charge in [-0.05, 0) is 31.0 Å². The van der Waals surface area contributed by atoms with Gasteiger partial charge in [0.2, 0.25) is 0 Å². The van der Waals surface area contributed by atoms with E-state index >= 15 is 0 Å². The molecule has 1 aliphatic rings. The molecular weight excluding hydrogens is 261 g/mol. The highest BCUT2D eigenvalue weighted by atomic mass is 35.5. The lowest BCUT2D eigenvalue weighted by atomic mass is 10.4. The Morgan fingerprint density at radius 1 is 1.44 bits per heavy atom. The average molecular weight is 276 g/mol. The normalized spacial score (nSPS) is 17.4. The number of hydrogen-bond donors (Lipinski definition) is 1. The topological polar surface area (TPSA) is 12.0 Å². The molecule has 16 heavy (non-hydrogen) atoms. The van der Waals surface area contributed by atoms with Crippen molar-refractivity contribution in [1.29, 1.82) is 0 Å². The standard InChI is InChI=1S/C12H15Cl2NS/c1-8(7-15-10-3-4-10)16-12-6-9(13)2-5-11(12)14/h2,5-6,8,10,15H,3-4,7H2,1H3. The van der Waals surface area contributed by atoms with Crippen LogP contribution in [-0.4, -0.2) is 17.8 Å². The van der Waals surface area contributed by atoms with Crippen molar-refractivity contribution in [3.8, 4) is 0 Å². The SMILES string of the molecule is CC(CNC1CC1)Sc1cc(Cl)ccc1Cl. The zero-order chi connectivity index (χ0) is 11.5. The van der Waals surface area contributed by atoms with Crippen LogP contribution in [0.1, 0.15) is 19.8 Å². The molecule has 1 unspecified atom stereocenters. The van der Waals surface area contributed by atoms with Gasteiger partial charge in [-0.15, -0.1) is 11.8 Å². The molecule has 1 fully saturated rings. The fraction of sp³-hybridized carbons (Fsp3) is 0.500. The Morgan fingerprint density at radius 2 is 2.19 bits per heavy atom. The summed E-state index contributed by atoms with van der Waals surface area (Å²) in [5, 5.41) is 5.55. The van der Waals surface area contributed by atoms with Crippen LogP contribution in [0.2, 0.25) is 10.0 Å². The predicted octanol–water partition coefficient (Wildman–Crippen LogP) is 4.23. The lowest BCUT2D eigenvalue weighted by molar-refractivity contribution is 0.679. The van der Waals surface area contributed by atoms with E-state index in [1.807, 2.05) is 18.2 Å². The van der Waals surface area contributed by atoms with Gasteiger partial charge in [0, 0.05) is 27.8 Å². The van der Waals surface area contributed by atoms with Gasteiger partial charge < -0.3 is 5.32 Å². The van der Waals surface area contributed by atoms with E-state index in [1.165, 1.54) is 12.8 Å². The zero-order valence-electron chi connectivity index (χ0n) is 9.17. The Labute approximate surface area is 111 Å². The summed E-state index contributed by atoms with van der Waals surface area (Å²) < 4.78 is 0. The van der Waals surface area contributed by atoms with Crippen LogP contribution in [0.25, 0.3) is 0 Å². The molecule has 0 aliphatic heterocycles. The first kappa shape index (κ1) is 12.6. The molecule has 1 nitrogen and oxygen atoms in total. The van der Waals surface area contributed by atoms with E-state index in [0.29, 0.717) is 5.25 Å². The van der Waals surface area contributed by atoms with Crippen molar-refractivity contribution in [2.24, 2.45) is 0 Å². The molecule has 2 rings (SSSR count). The minimum Gasteiger partial charge on any atom is -0.313 e. The van der Waals surface area contributed by atoms with E-state index in [-0.39, 0.29) is 0 Å². The third kappa shape index (κ3) is 3.85. The average Bonchev–Trinajstić information content (AvgIpc) is 3.04. The van der Waals surface area contributed by atoms with Gasteiger partial charge in [0.05, 0.1) is 5.02 Å². The summed E-state index contributed by atoms with van der Waals surface area (Å²) in [6, 6.07) is 6.37. The molecular formula is C12H15Cl2NS. The van der Waals surface area contributed by atoms with Crippen LogP contribution >= 0.6 is 35.0 Å². The number of thioether (sulfide) groups is 1. The monoisotopic (exact) mass is 275 g/mol. The second-order valence-corrected chi connectivity index (χ2v) is 6.51. The lowest BCUT2D eigenvalue weighted by Gasteiger charge is -2.13. The smallest absolute Gasteiger partial charge is 0.0543 e. The molecule has 0 bridgehead atoms. The maximum atomic E-state index is 6.12. The van der Waals surface area contributed by atoms with Crippen molar-refractivity contribution in [1.82, 2.24) is 5.32 Å². The molecule has 1 aromatic rings. The maximum absolute atomic E-state index is 6.12. The van der Waals surface area contributed by atoms with Crippen LogP contribution in [0.4, 0.5) is 0 Å². The van der Waals surface area contributed by atoms with Crippen molar-refractivity contribution in [2.75, 3.05) is 6.54 Å². The van der Waals surface area contributed by atoms with Crippen molar-refractivity contribution in [2.45, 2.75) is 36.0 Å². The molecule has 1 aromatic carbocycles. The minimum atomic E-state index is 0.511. The van der Waals surface area contributed by atoms with Gasteiger partial charge in [0.15, 0.2) is 0 Å². The number of hydrogen-bond acceptors (Lipinski definition) is 2. The summed E-state index contributed by atoms with van der Waals surface area (Å²) in [5.41, 5.74) is 0. The van der Waals surface area contributed by atoms with E-state index < -0.39 is 0 Å². The highest BCUT2D eigenvalue weighted by molar-refractivity contribution is 8.00. The summed E-state index contributed by atoms with van der Waals surface area (Å²) in [4.78, 5) is 1.07. The summed E-state index contributed by atoms with van der Waals surface area (Å²) in [6.07, 6.45) is 2.66. The van der Waals surface area contributed by atoms with Gasteiger partial charge in [-0.3, -0.25) is 0 Å². The van der Waals surface area contributed by atoms with Gasteiger partial charge >= 0.3 is 0 Å². The molecule has 4 heteroatoms. The van der Waals surface area contributed by atoms with Crippen molar-refractivity contribution in [3.05, 3.63) is 28.2 Å². The first-order valence-corrected chi connectivity index (χ1v) is 7.14. The fourth-order valence-electron chi connectivity index (χ4n) is 1.45. The second-order valence-electron chi connectivity index (χ2n) is 4.19. The van der Waals surface area contributed by atoms with Gasteiger partial charge in [-0.25, -0.2) is 0 Å². The largest absolute Gasteiger partial charge is 0.313 e. The van der Waals surface area contributed by atoms with Gasteiger partial charge in [0.1, 0.15) is 0 Å². The minimum absolute atomic E-state index is 0.511. The summed E-state index contributed by atoms with van der Waals surface area (Å²) in [6.45, 7) is 3.23. The lowest BCUT2D eigenvalue weighted by Crippen LogP contribution is -2.24. The van der Waals surface area contributed by atoms with E-state index in [0.717, 1.165) is 27.5 Å². The highest BCUT2D eigenvalue weighted by Gasteiger charge is 2.21. The van der Waals surface area contributed by atoms with E-state index in [2.05, 4.69) is 12.2 Å². The van der Waals surface area contributed by atoms with Gasteiger partial charge in [-0.2, -0.15) is 0 Å². The molecule has 0 amide bonds. The third-order valence-electron chi connectivity index (χ3n) is 2.49. The fourth-order valence-corrected chi connectivity index (χ4v) is 2.92. The number of rotatable bonds is 5. The van der Waals surface area contributed by atoms with Crippen LogP contribution in [0.15, 0.2) is 23.1 Å². The van der Waals surface area contributed by atoms with E-state index in [9.17, 15) is 0 Å². The molecule has 0 saturated heterocycles. The Morgan fingerprint density at radius 3 is 2.88 bits per heavy atom. The Balaban J connectivity index is 1.88. The number of nitrogens with one attached hydrogen (secondary N) is 1. The summed E-state index contributed by atoms with van der Waals surface area (Å²) in [5.74, 6) is 0. The van der Waals surface area contributed by atoms with E-state index in [4.69, 9.17) is 23.2 Å². The predicted molar refractivity (Wildman–Crippen MR) is 72.8 cm³/mol. The Bertz CT molecular complexity index is 366. The first-order chi connectivity index (χ1) is 7.65. The Hall–Kier alpha value is 0.110. The van der Waals surface area contributed by atoms with Gasteiger partial charge in [-0.1, -0.05) is 30.1 Å². The third-order valence-corrected chi connectivity index (χ3v) is 4.33. The van der Waals surface area contributed by atoms with Crippen LogP contribution in [0.3, 0.4) is 0 Å². The summed E-state index contributed by atoms with van der Waals surface area (Å²) >= 11 is 13.8. The second kappa shape index (κ2) is 5.63. The molecule has 0 radical (unpaired) electrons. The van der Waals surface area contributed by atoms with Crippen LogP contribution < -0.4 is 5.32 Å². The molecule has 88 valence electrons. The quantitative estimate of drug-likeness (QED) is 0.808. The summed E-state index contributed by atoms with van der Waals surface area (Å²) in [7, 11) is 0. The zero-order valence-corrected chi connectivity index (χ0v) is 11.5. The van der Waals surface area contributed by atoms with Crippen molar-refractivity contribution < 1.29 is 0 Å². The van der Waals surface area contributed by atoms with Crippen LogP contribution in [0.5, 0.6) is 0 Å². The van der Waals surface area contributed by atoms with Crippen LogP contribution in [0, 0.1) is 0 Å². The first-order valence-electron chi connectivity index (χ1n) is 5.50. The van der Waals surface area contributed by atoms with Crippen LogP contribution in [-0.2, 0) is 0 Å².